The molecule has 5 heteroatoms. The molecule has 1 heterocycles. The molecule has 0 atom stereocenters. The van der Waals surface area contributed by atoms with Crippen molar-refractivity contribution in [2.45, 2.75) is 12.8 Å². The van der Waals surface area contributed by atoms with Crippen molar-refractivity contribution in [2.75, 3.05) is 0 Å². The van der Waals surface area contributed by atoms with Crippen LogP contribution >= 0.6 is 0 Å². The van der Waals surface area contributed by atoms with Gasteiger partial charge in [-0.05, 0) is 0 Å². The first kappa shape index (κ1) is 12.4. The highest BCUT2D eigenvalue weighted by molar-refractivity contribution is 5.76. The number of halogens is 2. The maximum atomic E-state index is 13.2. The number of nitrogens with zero attached hydrogens (tertiary/aromatic N) is 2. The Hall–Kier alpha value is -2.04. The van der Waals surface area contributed by atoms with Gasteiger partial charge in [0, 0.05) is 31.3 Å². The second-order valence-corrected chi connectivity index (χ2v) is 4.19. The van der Waals surface area contributed by atoms with E-state index < -0.39 is 5.92 Å². The fourth-order valence-electron chi connectivity index (χ4n) is 1.66. The van der Waals surface area contributed by atoms with Gasteiger partial charge in [0.1, 0.15) is 17.8 Å². The summed E-state index contributed by atoms with van der Waals surface area (Å²) in [5, 5.41) is 0. The van der Waals surface area contributed by atoms with Crippen molar-refractivity contribution in [3.63, 3.8) is 0 Å². The van der Waals surface area contributed by atoms with E-state index in [4.69, 9.17) is 0 Å². The number of carbonyl (C=O) groups excluding carboxylic acids is 1. The Balaban J connectivity index is 2.44. The number of benzene rings is 1. The highest BCUT2D eigenvalue weighted by Crippen LogP contribution is 2.28. The van der Waals surface area contributed by atoms with Crippen LogP contribution in [-0.4, -0.2) is 15.8 Å². The van der Waals surface area contributed by atoms with E-state index >= 15 is 0 Å². The Morgan fingerprint density at radius 2 is 1.89 bits per heavy atom. The Bertz CT molecular complexity index is 568. The van der Waals surface area contributed by atoms with Crippen molar-refractivity contribution in [3.05, 3.63) is 41.7 Å². The number of aryl methyl sites for hydroxylation is 1. The number of hydrogen-bond donors (Lipinski definition) is 0. The second kappa shape index (κ2) is 4.33. The van der Waals surface area contributed by atoms with Gasteiger partial charge in [-0.2, -0.15) is 8.78 Å². The maximum absolute atomic E-state index is 13.2. The van der Waals surface area contributed by atoms with Gasteiger partial charge < -0.3 is 4.57 Å². The van der Waals surface area contributed by atoms with Crippen LogP contribution in [0.25, 0.3) is 11.4 Å². The van der Waals surface area contributed by atoms with Gasteiger partial charge in [-0.1, -0.05) is 24.3 Å². The van der Waals surface area contributed by atoms with Crippen molar-refractivity contribution < 1.29 is 13.6 Å². The predicted molar refractivity (Wildman–Crippen MR) is 63.6 cm³/mol. The molecule has 1 aromatic heterocycles. The standard InChI is InChI=1S/C13H12F2N2O/c1-13(14,15)11-7-17(2)12(16-11)10-5-3-9(8-18)4-6-10/h3-8H,1-2H3. The van der Waals surface area contributed by atoms with E-state index in [2.05, 4.69) is 4.98 Å². The van der Waals surface area contributed by atoms with E-state index in [-0.39, 0.29) is 5.69 Å². The molecule has 0 aliphatic rings. The van der Waals surface area contributed by atoms with Crippen LogP contribution in [0.4, 0.5) is 8.78 Å². The SMILES string of the molecule is Cn1cc(C(C)(F)F)nc1-c1ccc(C=O)cc1. The first-order valence-corrected chi connectivity index (χ1v) is 5.39. The zero-order valence-electron chi connectivity index (χ0n) is 10.0. The molecule has 1 aromatic carbocycles. The molecule has 18 heavy (non-hydrogen) atoms. The number of imidazole rings is 1. The van der Waals surface area contributed by atoms with Gasteiger partial charge in [-0.15, -0.1) is 0 Å². The van der Waals surface area contributed by atoms with Crippen molar-refractivity contribution in [1.29, 1.82) is 0 Å². The summed E-state index contributed by atoms with van der Waals surface area (Å²) in [7, 11) is 1.66. The fourth-order valence-corrected chi connectivity index (χ4v) is 1.66. The van der Waals surface area contributed by atoms with E-state index in [0.717, 1.165) is 13.2 Å². The molecule has 94 valence electrons. The summed E-state index contributed by atoms with van der Waals surface area (Å²) in [6.07, 6.45) is 2.04. The third-order valence-corrected chi connectivity index (χ3v) is 2.63. The minimum Gasteiger partial charge on any atom is -0.334 e. The molecular formula is C13H12F2N2O. The molecule has 0 aliphatic heterocycles. The molecule has 0 fully saturated rings. The van der Waals surface area contributed by atoms with Crippen LogP contribution in [0.3, 0.4) is 0 Å². The lowest BCUT2D eigenvalue weighted by molar-refractivity contribution is 0.0131. The summed E-state index contributed by atoms with van der Waals surface area (Å²) in [5.41, 5.74) is 0.965. The van der Waals surface area contributed by atoms with E-state index in [1.165, 1.54) is 6.20 Å². The molecule has 0 unspecified atom stereocenters. The summed E-state index contributed by atoms with van der Waals surface area (Å²) < 4.78 is 27.9. The lowest BCUT2D eigenvalue weighted by Gasteiger charge is -2.04. The largest absolute Gasteiger partial charge is 0.334 e. The molecule has 0 spiro atoms. The molecule has 0 aliphatic carbocycles. The smallest absolute Gasteiger partial charge is 0.288 e. The molecule has 2 rings (SSSR count). The maximum Gasteiger partial charge on any atom is 0.288 e. The average Bonchev–Trinajstić information content (AvgIpc) is 2.71. The molecule has 0 saturated carbocycles. The second-order valence-electron chi connectivity index (χ2n) is 4.19. The molecule has 2 aromatic rings. The van der Waals surface area contributed by atoms with E-state index in [0.29, 0.717) is 17.0 Å². The van der Waals surface area contributed by atoms with Crippen LogP contribution < -0.4 is 0 Å². The summed E-state index contributed by atoms with van der Waals surface area (Å²) >= 11 is 0. The predicted octanol–water partition coefficient (Wildman–Crippen LogP) is 3.01. The Kier molecular flexibility index (Phi) is 2.98. The quantitative estimate of drug-likeness (QED) is 0.785. The fraction of sp³-hybridized carbons (Fsp3) is 0.231. The van der Waals surface area contributed by atoms with Crippen LogP contribution in [-0.2, 0) is 13.0 Å². The summed E-state index contributed by atoms with van der Waals surface area (Å²) in [4.78, 5) is 14.5. The number of aldehydes is 1. The Morgan fingerprint density at radius 3 is 2.33 bits per heavy atom. The van der Waals surface area contributed by atoms with E-state index in [9.17, 15) is 13.6 Å². The van der Waals surface area contributed by atoms with Gasteiger partial charge in [0.05, 0.1) is 0 Å². The minimum atomic E-state index is -2.96. The normalized spacial score (nSPS) is 11.6. The van der Waals surface area contributed by atoms with Crippen LogP contribution in [0.1, 0.15) is 23.0 Å². The summed E-state index contributed by atoms with van der Waals surface area (Å²) in [5.74, 6) is -2.51. The topological polar surface area (TPSA) is 34.9 Å². The van der Waals surface area contributed by atoms with E-state index in [1.807, 2.05) is 0 Å². The first-order valence-electron chi connectivity index (χ1n) is 5.39. The number of aromatic nitrogens is 2. The Morgan fingerprint density at radius 1 is 1.28 bits per heavy atom. The number of carbonyl (C=O) groups is 1. The van der Waals surface area contributed by atoms with Gasteiger partial charge in [0.25, 0.3) is 5.92 Å². The zero-order chi connectivity index (χ0) is 13.3. The summed E-state index contributed by atoms with van der Waals surface area (Å²) in [6, 6.07) is 6.62. The van der Waals surface area contributed by atoms with Gasteiger partial charge >= 0.3 is 0 Å². The van der Waals surface area contributed by atoms with Crippen LogP contribution in [0.15, 0.2) is 30.5 Å². The minimum absolute atomic E-state index is 0.264. The van der Waals surface area contributed by atoms with Gasteiger partial charge in [0.15, 0.2) is 0 Å². The van der Waals surface area contributed by atoms with Crippen molar-refractivity contribution in [3.8, 4) is 11.4 Å². The van der Waals surface area contributed by atoms with E-state index in [1.54, 1.807) is 35.9 Å². The van der Waals surface area contributed by atoms with Gasteiger partial charge in [0.2, 0.25) is 0 Å². The monoisotopic (exact) mass is 250 g/mol. The lowest BCUT2D eigenvalue weighted by atomic mass is 10.1. The van der Waals surface area contributed by atoms with Gasteiger partial charge in [-0.3, -0.25) is 4.79 Å². The highest BCUT2D eigenvalue weighted by Gasteiger charge is 2.28. The number of rotatable bonds is 3. The average molecular weight is 250 g/mol. The number of alkyl halides is 2. The van der Waals surface area contributed by atoms with Crippen LogP contribution in [0.5, 0.6) is 0 Å². The third kappa shape index (κ3) is 2.30. The van der Waals surface area contributed by atoms with Crippen molar-refractivity contribution in [2.24, 2.45) is 7.05 Å². The molecule has 3 nitrogen and oxygen atoms in total. The molecule has 0 N–H and O–H groups in total. The number of hydrogen-bond acceptors (Lipinski definition) is 2. The molecule has 0 amide bonds. The summed E-state index contributed by atoms with van der Waals surface area (Å²) in [6.45, 7) is 0.814. The van der Waals surface area contributed by atoms with Crippen LogP contribution in [0.2, 0.25) is 0 Å². The van der Waals surface area contributed by atoms with Gasteiger partial charge in [-0.25, -0.2) is 4.98 Å². The molecule has 0 saturated heterocycles. The molecular weight excluding hydrogens is 238 g/mol. The van der Waals surface area contributed by atoms with Crippen molar-refractivity contribution in [1.82, 2.24) is 9.55 Å². The molecule has 0 bridgehead atoms. The van der Waals surface area contributed by atoms with Crippen molar-refractivity contribution >= 4 is 6.29 Å². The molecule has 0 radical (unpaired) electrons. The van der Waals surface area contributed by atoms with Crippen LogP contribution in [0, 0.1) is 0 Å². The first-order chi connectivity index (χ1) is 8.41. The lowest BCUT2D eigenvalue weighted by Crippen LogP contribution is -2.07. The Labute approximate surface area is 103 Å². The third-order valence-electron chi connectivity index (χ3n) is 2.63. The zero-order valence-corrected chi connectivity index (χ0v) is 10.0. The highest BCUT2D eigenvalue weighted by atomic mass is 19.3.